The Bertz CT molecular complexity index is 1570. The van der Waals surface area contributed by atoms with Crippen molar-refractivity contribution in [3.8, 4) is 11.1 Å². The number of amides is 1. The minimum absolute atomic E-state index is 0.0381. The van der Waals surface area contributed by atoms with Crippen molar-refractivity contribution in [3.05, 3.63) is 70.3 Å². The Hall–Kier alpha value is -3.43. The van der Waals surface area contributed by atoms with Crippen LogP contribution < -0.4 is 10.9 Å². The highest BCUT2D eigenvalue weighted by molar-refractivity contribution is 7.91. The minimum atomic E-state index is -3.37. The zero-order valence-corrected chi connectivity index (χ0v) is 19.2. The molecule has 1 amide bonds. The number of carbonyl (C=O) groups excluding carboxylic acids is 1. The van der Waals surface area contributed by atoms with Crippen LogP contribution in [0.2, 0.25) is 0 Å². The van der Waals surface area contributed by atoms with E-state index in [1.165, 1.54) is 0 Å². The monoisotopic (exact) mass is 481 g/mol. The molecule has 0 saturated carbocycles. The van der Waals surface area contributed by atoms with Gasteiger partial charge in [0.25, 0.3) is 0 Å². The van der Waals surface area contributed by atoms with Crippen LogP contribution in [-0.4, -0.2) is 43.1 Å². The second kappa shape index (κ2) is 8.41. The molecule has 1 aliphatic heterocycles. The molecule has 1 aliphatic rings. The summed E-state index contributed by atoms with van der Waals surface area (Å²) in [5.41, 5.74) is 3.49. The highest BCUT2D eigenvalue weighted by Gasteiger charge is 2.37. The topological polar surface area (TPSA) is 127 Å². The zero-order valence-electron chi connectivity index (χ0n) is 18.4. The fourth-order valence-electron chi connectivity index (χ4n) is 4.52. The molecule has 0 spiro atoms. The van der Waals surface area contributed by atoms with Crippen LogP contribution in [0.15, 0.2) is 62.4 Å². The van der Waals surface area contributed by atoms with Gasteiger partial charge < -0.3 is 19.3 Å². The van der Waals surface area contributed by atoms with Crippen molar-refractivity contribution in [1.82, 2.24) is 5.32 Å². The molecule has 1 fully saturated rings. The standard InChI is InChI=1S/C25H23NO7S/c1-14-16(7-8-24(28)26-20-12-34(30,31)13-21(20)27)25(29)33-23-10-22-18(9-17(14)23)19(11-32-22)15-5-3-2-4-6-15/h2-6,9-11,20-21,27H,7-8,12-13H2,1H3,(H,26,28)/t20-,21-/m1/s1. The van der Waals surface area contributed by atoms with Gasteiger partial charge in [-0.1, -0.05) is 30.3 Å². The van der Waals surface area contributed by atoms with Gasteiger partial charge in [0.2, 0.25) is 5.91 Å². The number of aliphatic hydroxyl groups excluding tert-OH is 1. The highest BCUT2D eigenvalue weighted by Crippen LogP contribution is 2.34. The zero-order chi connectivity index (χ0) is 24.0. The van der Waals surface area contributed by atoms with Crippen LogP contribution in [0.1, 0.15) is 17.5 Å². The molecule has 2 aromatic heterocycles. The van der Waals surface area contributed by atoms with E-state index in [0.29, 0.717) is 22.3 Å². The van der Waals surface area contributed by atoms with Crippen molar-refractivity contribution in [1.29, 1.82) is 0 Å². The molecular formula is C25H23NO7S. The molecule has 0 radical (unpaired) electrons. The number of aryl methyl sites for hydroxylation is 1. The summed E-state index contributed by atoms with van der Waals surface area (Å²) in [6.07, 6.45) is 0.636. The summed E-state index contributed by atoms with van der Waals surface area (Å²) in [5, 5.41) is 14.1. The van der Waals surface area contributed by atoms with Crippen LogP contribution in [-0.2, 0) is 21.1 Å². The van der Waals surface area contributed by atoms with Crippen LogP contribution in [0.5, 0.6) is 0 Å². The number of hydrogen-bond acceptors (Lipinski definition) is 7. The van der Waals surface area contributed by atoms with E-state index in [9.17, 15) is 23.1 Å². The summed E-state index contributed by atoms with van der Waals surface area (Å²) in [6.45, 7) is 1.81. The average Bonchev–Trinajstić information content (AvgIpc) is 3.31. The first-order chi connectivity index (χ1) is 16.2. The van der Waals surface area contributed by atoms with Gasteiger partial charge >= 0.3 is 5.63 Å². The fraction of sp³-hybridized carbons (Fsp3) is 0.280. The molecule has 34 heavy (non-hydrogen) atoms. The van der Waals surface area contributed by atoms with E-state index >= 15 is 0 Å². The second-order valence-corrected chi connectivity index (χ2v) is 10.8. The number of hydrogen-bond donors (Lipinski definition) is 2. The number of aliphatic hydroxyl groups is 1. The number of rotatable bonds is 5. The number of nitrogens with one attached hydrogen (secondary N) is 1. The van der Waals surface area contributed by atoms with Gasteiger partial charge in [-0.05, 0) is 30.5 Å². The third-order valence-electron chi connectivity index (χ3n) is 6.34. The van der Waals surface area contributed by atoms with E-state index in [1.54, 1.807) is 12.3 Å². The largest absolute Gasteiger partial charge is 0.464 e. The molecular weight excluding hydrogens is 458 g/mol. The van der Waals surface area contributed by atoms with E-state index < -0.39 is 33.5 Å². The minimum Gasteiger partial charge on any atom is -0.464 e. The van der Waals surface area contributed by atoms with Crippen LogP contribution in [0.25, 0.3) is 33.1 Å². The fourth-order valence-corrected chi connectivity index (χ4v) is 6.27. The van der Waals surface area contributed by atoms with Crippen molar-refractivity contribution in [2.24, 2.45) is 0 Å². The molecule has 2 atom stereocenters. The van der Waals surface area contributed by atoms with Gasteiger partial charge in [-0.25, -0.2) is 13.2 Å². The van der Waals surface area contributed by atoms with E-state index in [-0.39, 0.29) is 24.3 Å². The molecule has 0 aliphatic carbocycles. The Kier molecular flexibility index (Phi) is 5.53. The lowest BCUT2D eigenvalue weighted by atomic mass is 9.99. The molecule has 5 rings (SSSR count). The van der Waals surface area contributed by atoms with Gasteiger partial charge in [-0.15, -0.1) is 0 Å². The Labute approximate surface area is 195 Å². The van der Waals surface area contributed by atoms with E-state index in [2.05, 4.69) is 5.32 Å². The van der Waals surface area contributed by atoms with Crippen LogP contribution >= 0.6 is 0 Å². The molecule has 0 bridgehead atoms. The predicted octanol–water partition coefficient (Wildman–Crippen LogP) is 2.72. The van der Waals surface area contributed by atoms with Gasteiger partial charge in [0.1, 0.15) is 11.2 Å². The third-order valence-corrected chi connectivity index (χ3v) is 8.05. The first-order valence-corrected chi connectivity index (χ1v) is 12.7. The Balaban J connectivity index is 1.43. The lowest BCUT2D eigenvalue weighted by Crippen LogP contribution is -2.42. The molecule has 2 aromatic carbocycles. The second-order valence-electron chi connectivity index (χ2n) is 8.67. The van der Waals surface area contributed by atoms with Crippen LogP contribution in [0, 0.1) is 6.92 Å². The SMILES string of the molecule is Cc1c(CCC(=O)N[C@@H]2CS(=O)(=O)C[C@H]2O)c(=O)oc2cc3occ(-c4ccccc4)c3cc12. The molecule has 3 heterocycles. The van der Waals surface area contributed by atoms with E-state index in [0.717, 1.165) is 21.9 Å². The summed E-state index contributed by atoms with van der Waals surface area (Å²) >= 11 is 0. The lowest BCUT2D eigenvalue weighted by molar-refractivity contribution is -0.122. The van der Waals surface area contributed by atoms with Gasteiger partial charge in [-0.3, -0.25) is 4.79 Å². The normalized spacial score (nSPS) is 19.6. The lowest BCUT2D eigenvalue weighted by Gasteiger charge is -2.15. The van der Waals surface area contributed by atoms with E-state index in [1.807, 2.05) is 43.3 Å². The number of carbonyl (C=O) groups is 1. The van der Waals surface area contributed by atoms with E-state index in [4.69, 9.17) is 8.83 Å². The summed E-state index contributed by atoms with van der Waals surface area (Å²) in [4.78, 5) is 25.1. The Morgan fingerprint density at radius 3 is 2.59 bits per heavy atom. The van der Waals surface area contributed by atoms with Crippen molar-refractivity contribution >= 4 is 37.7 Å². The molecule has 2 N–H and O–H groups in total. The van der Waals surface area contributed by atoms with Crippen molar-refractivity contribution in [2.45, 2.75) is 31.9 Å². The molecule has 176 valence electrons. The molecule has 0 unspecified atom stereocenters. The smallest absolute Gasteiger partial charge is 0.339 e. The van der Waals surface area contributed by atoms with Crippen LogP contribution in [0.3, 0.4) is 0 Å². The quantitative estimate of drug-likeness (QED) is 0.420. The summed E-state index contributed by atoms with van der Waals surface area (Å²) in [7, 11) is -3.37. The summed E-state index contributed by atoms with van der Waals surface area (Å²) < 4.78 is 34.5. The first-order valence-electron chi connectivity index (χ1n) is 10.9. The van der Waals surface area contributed by atoms with Gasteiger partial charge in [-0.2, -0.15) is 0 Å². The molecule has 1 saturated heterocycles. The van der Waals surface area contributed by atoms with Crippen LogP contribution in [0.4, 0.5) is 0 Å². The maximum Gasteiger partial charge on any atom is 0.339 e. The average molecular weight is 482 g/mol. The molecule has 4 aromatic rings. The highest BCUT2D eigenvalue weighted by atomic mass is 32.2. The predicted molar refractivity (Wildman–Crippen MR) is 127 cm³/mol. The maximum atomic E-state index is 12.7. The first kappa shape index (κ1) is 22.4. The van der Waals surface area contributed by atoms with Gasteiger partial charge in [0.15, 0.2) is 9.84 Å². The number of fused-ring (bicyclic) bond motifs is 2. The molecule has 9 heteroatoms. The van der Waals surface area contributed by atoms with Crippen molar-refractivity contribution in [3.63, 3.8) is 0 Å². The maximum absolute atomic E-state index is 12.7. The third kappa shape index (κ3) is 4.12. The van der Waals surface area contributed by atoms with Gasteiger partial charge in [0, 0.05) is 34.4 Å². The summed E-state index contributed by atoms with van der Waals surface area (Å²) in [5.74, 6) is -1.09. The Morgan fingerprint density at radius 1 is 1.12 bits per heavy atom. The number of furan rings is 1. The Morgan fingerprint density at radius 2 is 1.88 bits per heavy atom. The van der Waals surface area contributed by atoms with Gasteiger partial charge in [0.05, 0.1) is 29.9 Å². The van der Waals surface area contributed by atoms with Crippen molar-refractivity contribution < 1.29 is 27.2 Å². The molecule has 8 nitrogen and oxygen atoms in total. The summed E-state index contributed by atoms with van der Waals surface area (Å²) in [6, 6.07) is 12.6. The number of sulfone groups is 1. The van der Waals surface area contributed by atoms with Crippen molar-refractivity contribution in [2.75, 3.05) is 11.5 Å². The number of benzene rings is 2.